The Morgan fingerprint density at radius 2 is 0.800 bits per heavy atom. The number of halogens is 14. The molecule has 0 saturated heterocycles. The van der Waals surface area contributed by atoms with Gasteiger partial charge in [-0.3, -0.25) is 9.59 Å². The molecule has 0 aliphatic carbocycles. The fourth-order valence-electron chi connectivity index (χ4n) is 3.01. The van der Waals surface area contributed by atoms with Crippen molar-refractivity contribution in [2.24, 2.45) is 0 Å². The standard InChI is InChI=1S/C22H14F14N2O2/c1-9-7-11(3-5-13(9)37-15(39)17(23,24)19(27,28)21(31,32)33)12-4-6-14(10(2)8-12)38-16(40)18(25,26)20(29,30)22(34,35)36/h3-8H,1-2H3,(H,37,39)(H,38,40). The van der Waals surface area contributed by atoms with Gasteiger partial charge in [0.05, 0.1) is 0 Å². The summed E-state index contributed by atoms with van der Waals surface area (Å²) in [4.78, 5) is 23.1. The molecule has 0 radical (unpaired) electrons. The number of hydrogen-bond donors (Lipinski definition) is 2. The normalized spacial score (nSPS) is 13.7. The Kier molecular flexibility index (Phi) is 8.23. The maximum absolute atomic E-state index is 13.6. The van der Waals surface area contributed by atoms with Crippen LogP contribution in [0.25, 0.3) is 11.1 Å². The molecule has 222 valence electrons. The molecule has 0 unspecified atom stereocenters. The molecule has 40 heavy (non-hydrogen) atoms. The fraction of sp³-hybridized carbons (Fsp3) is 0.364. The van der Waals surface area contributed by atoms with Crippen molar-refractivity contribution in [2.45, 2.75) is 49.9 Å². The van der Waals surface area contributed by atoms with Crippen LogP contribution in [0.2, 0.25) is 0 Å². The molecule has 2 N–H and O–H groups in total. The van der Waals surface area contributed by atoms with Gasteiger partial charge in [-0.1, -0.05) is 12.1 Å². The first-order chi connectivity index (χ1) is 17.8. The van der Waals surface area contributed by atoms with E-state index in [2.05, 4.69) is 0 Å². The third-order valence-corrected chi connectivity index (χ3v) is 5.35. The van der Waals surface area contributed by atoms with Crippen LogP contribution in [-0.2, 0) is 9.59 Å². The molecule has 2 amide bonds. The summed E-state index contributed by atoms with van der Waals surface area (Å²) in [6, 6.07) is 6.01. The second-order valence-corrected chi connectivity index (χ2v) is 8.26. The van der Waals surface area contributed by atoms with E-state index >= 15 is 0 Å². The minimum Gasteiger partial charge on any atom is -0.320 e. The SMILES string of the molecule is Cc1cc(-c2ccc(NC(=O)C(F)(F)C(F)(F)C(F)(F)F)c(C)c2)ccc1NC(=O)C(F)(F)C(F)(F)C(F)(F)F. The van der Waals surface area contributed by atoms with Crippen LogP contribution in [-0.4, -0.2) is 47.9 Å². The van der Waals surface area contributed by atoms with Crippen molar-refractivity contribution in [2.75, 3.05) is 10.6 Å². The van der Waals surface area contributed by atoms with Crippen molar-refractivity contribution < 1.29 is 71.1 Å². The quantitative estimate of drug-likeness (QED) is 0.322. The van der Waals surface area contributed by atoms with Gasteiger partial charge in [-0.2, -0.15) is 61.5 Å². The molecular formula is C22H14F14N2O2. The molecule has 0 aliphatic heterocycles. The highest BCUT2D eigenvalue weighted by atomic mass is 19.4. The van der Waals surface area contributed by atoms with Gasteiger partial charge in [-0.05, 0) is 60.4 Å². The lowest BCUT2D eigenvalue weighted by Crippen LogP contribution is -2.57. The number of carbonyl (C=O) groups excluding carboxylic acids is 2. The Morgan fingerprint density at radius 3 is 1.02 bits per heavy atom. The van der Waals surface area contributed by atoms with Crippen LogP contribution in [0.1, 0.15) is 11.1 Å². The summed E-state index contributed by atoms with van der Waals surface area (Å²) in [6.07, 6.45) is -13.5. The van der Waals surface area contributed by atoms with Crippen molar-refractivity contribution in [3.63, 3.8) is 0 Å². The number of rotatable bonds is 7. The maximum atomic E-state index is 13.6. The second-order valence-electron chi connectivity index (χ2n) is 8.26. The largest absolute Gasteiger partial charge is 0.460 e. The van der Waals surface area contributed by atoms with Gasteiger partial charge in [-0.15, -0.1) is 0 Å². The molecular weight excluding hydrogens is 590 g/mol. The molecule has 2 aromatic rings. The Hall–Kier alpha value is -3.60. The predicted molar refractivity (Wildman–Crippen MR) is 111 cm³/mol. The molecule has 0 spiro atoms. The van der Waals surface area contributed by atoms with Gasteiger partial charge in [0.1, 0.15) is 0 Å². The molecule has 0 bridgehead atoms. The van der Waals surface area contributed by atoms with E-state index in [1.807, 2.05) is 0 Å². The smallest absolute Gasteiger partial charge is 0.320 e. The minimum atomic E-state index is -6.74. The summed E-state index contributed by atoms with van der Waals surface area (Å²) in [5.41, 5.74) is -1.20. The van der Waals surface area contributed by atoms with Gasteiger partial charge in [0.25, 0.3) is 0 Å². The molecule has 2 aromatic carbocycles. The number of amides is 2. The van der Waals surface area contributed by atoms with Gasteiger partial charge >= 0.3 is 47.9 Å². The Morgan fingerprint density at radius 1 is 0.525 bits per heavy atom. The second kappa shape index (κ2) is 10.1. The van der Waals surface area contributed by atoms with Crippen molar-refractivity contribution in [3.05, 3.63) is 47.5 Å². The van der Waals surface area contributed by atoms with E-state index in [1.165, 1.54) is 10.6 Å². The maximum Gasteiger partial charge on any atom is 0.460 e. The Balaban J connectivity index is 2.28. The summed E-state index contributed by atoms with van der Waals surface area (Å²) >= 11 is 0. The highest BCUT2D eigenvalue weighted by Gasteiger charge is 2.77. The van der Waals surface area contributed by atoms with E-state index in [0.29, 0.717) is 0 Å². The predicted octanol–water partition coefficient (Wildman–Crippen LogP) is 7.51. The first-order valence-corrected chi connectivity index (χ1v) is 10.3. The highest BCUT2D eigenvalue weighted by Crippen LogP contribution is 2.48. The number of hydrogen-bond acceptors (Lipinski definition) is 2. The molecule has 4 nitrogen and oxygen atoms in total. The van der Waals surface area contributed by atoms with E-state index in [0.717, 1.165) is 50.2 Å². The Bertz CT molecular complexity index is 1200. The summed E-state index contributed by atoms with van der Waals surface area (Å²) in [5, 5.41) is 2.51. The molecule has 0 aromatic heterocycles. The number of anilines is 2. The monoisotopic (exact) mass is 604 g/mol. The minimum absolute atomic E-state index is 0.137. The highest BCUT2D eigenvalue weighted by molar-refractivity contribution is 5.98. The van der Waals surface area contributed by atoms with E-state index in [-0.39, 0.29) is 22.3 Å². The van der Waals surface area contributed by atoms with Crippen LogP contribution in [0.5, 0.6) is 0 Å². The number of alkyl halides is 14. The average molecular weight is 604 g/mol. The zero-order valence-corrected chi connectivity index (χ0v) is 19.6. The summed E-state index contributed by atoms with van der Waals surface area (Å²) < 4.78 is 180. The molecule has 0 atom stereocenters. The van der Waals surface area contributed by atoms with E-state index in [4.69, 9.17) is 0 Å². The van der Waals surface area contributed by atoms with Crippen molar-refractivity contribution in [3.8, 4) is 11.1 Å². The van der Waals surface area contributed by atoms with Crippen LogP contribution < -0.4 is 10.6 Å². The van der Waals surface area contributed by atoms with Crippen LogP contribution in [0, 0.1) is 13.8 Å². The molecule has 18 heteroatoms. The number of benzene rings is 2. The van der Waals surface area contributed by atoms with Gasteiger partial charge in [0, 0.05) is 11.4 Å². The summed E-state index contributed by atoms with van der Waals surface area (Å²) in [5.74, 6) is -31.7. The fourth-order valence-corrected chi connectivity index (χ4v) is 3.01. The lowest BCUT2D eigenvalue weighted by molar-refractivity contribution is -0.343. The van der Waals surface area contributed by atoms with Gasteiger partial charge in [-0.25, -0.2) is 0 Å². The summed E-state index contributed by atoms with van der Waals surface area (Å²) in [6.45, 7) is 2.26. The van der Waals surface area contributed by atoms with Crippen molar-refractivity contribution in [1.82, 2.24) is 0 Å². The van der Waals surface area contributed by atoms with E-state index in [1.54, 1.807) is 0 Å². The number of nitrogens with one attached hydrogen (secondary N) is 2. The first-order valence-electron chi connectivity index (χ1n) is 10.3. The van der Waals surface area contributed by atoms with Gasteiger partial charge in [0.15, 0.2) is 0 Å². The topological polar surface area (TPSA) is 58.2 Å². The molecule has 0 fully saturated rings. The van der Waals surface area contributed by atoms with Crippen LogP contribution in [0.3, 0.4) is 0 Å². The van der Waals surface area contributed by atoms with E-state index in [9.17, 15) is 71.1 Å². The van der Waals surface area contributed by atoms with Crippen molar-refractivity contribution >= 4 is 23.2 Å². The molecule has 0 heterocycles. The van der Waals surface area contributed by atoms with Crippen LogP contribution >= 0.6 is 0 Å². The Labute approximate surface area is 214 Å². The third-order valence-electron chi connectivity index (χ3n) is 5.35. The van der Waals surface area contributed by atoms with E-state index < -0.39 is 59.2 Å². The zero-order valence-electron chi connectivity index (χ0n) is 19.6. The molecule has 2 rings (SSSR count). The van der Waals surface area contributed by atoms with Gasteiger partial charge in [0.2, 0.25) is 0 Å². The average Bonchev–Trinajstić information content (AvgIpc) is 2.79. The lowest BCUT2D eigenvalue weighted by Gasteiger charge is -2.27. The van der Waals surface area contributed by atoms with Crippen molar-refractivity contribution in [1.29, 1.82) is 0 Å². The number of carbonyl (C=O) groups is 2. The van der Waals surface area contributed by atoms with Crippen LogP contribution in [0.4, 0.5) is 72.8 Å². The lowest BCUT2D eigenvalue weighted by atomic mass is 9.99. The first kappa shape index (κ1) is 32.6. The third kappa shape index (κ3) is 5.65. The van der Waals surface area contributed by atoms with Gasteiger partial charge < -0.3 is 10.6 Å². The zero-order chi connectivity index (χ0) is 31.3. The molecule has 0 aliphatic rings. The molecule has 0 saturated carbocycles. The number of aryl methyl sites for hydroxylation is 2. The van der Waals surface area contributed by atoms with Crippen LogP contribution in [0.15, 0.2) is 36.4 Å². The summed E-state index contributed by atoms with van der Waals surface area (Å²) in [7, 11) is 0.